The summed E-state index contributed by atoms with van der Waals surface area (Å²) in [4.78, 5) is 23.4. The van der Waals surface area contributed by atoms with Crippen molar-refractivity contribution >= 4 is 45.9 Å². The number of hydrogen-bond donors (Lipinski definition) is 1. The van der Waals surface area contributed by atoms with E-state index in [-0.39, 0.29) is 17.6 Å². The van der Waals surface area contributed by atoms with E-state index in [0.29, 0.717) is 40.5 Å². The van der Waals surface area contributed by atoms with Crippen molar-refractivity contribution in [2.75, 3.05) is 17.2 Å². The normalized spacial score (nSPS) is 14.5. The number of thioether (sulfide) groups is 1. The summed E-state index contributed by atoms with van der Waals surface area (Å²) in [5.41, 5.74) is 5.50. The highest BCUT2D eigenvalue weighted by molar-refractivity contribution is 8.15. The largest absolute Gasteiger partial charge is 0.573 e. The first kappa shape index (κ1) is 31.2. The third-order valence-electron chi connectivity index (χ3n) is 6.81. The quantitative estimate of drug-likeness (QED) is 0.212. The molecule has 1 saturated heterocycles. The van der Waals surface area contributed by atoms with Crippen LogP contribution in [0.4, 0.5) is 18.9 Å². The molecule has 0 atom stereocenters. The van der Waals surface area contributed by atoms with Gasteiger partial charge < -0.3 is 10.1 Å². The molecule has 0 radical (unpaired) electrons. The number of amidine groups is 1. The summed E-state index contributed by atoms with van der Waals surface area (Å²) < 4.78 is 42.6. The van der Waals surface area contributed by atoms with Crippen LogP contribution >= 0.6 is 24.0 Å². The fourth-order valence-electron chi connectivity index (χ4n) is 4.87. The predicted molar refractivity (Wildman–Crippen MR) is 170 cm³/mol. The molecule has 8 nitrogen and oxygen atoms in total. The molecule has 0 saturated carbocycles. The van der Waals surface area contributed by atoms with E-state index < -0.39 is 6.36 Å². The Hall–Kier alpha value is -4.23. The van der Waals surface area contributed by atoms with E-state index in [9.17, 15) is 18.0 Å². The number of aryl methyl sites for hydroxylation is 1. The summed E-state index contributed by atoms with van der Waals surface area (Å²) in [7, 11) is 0. The molecule has 13 heteroatoms. The number of ether oxygens (including phenoxy) is 1. The Morgan fingerprint density at radius 1 is 1.11 bits per heavy atom. The lowest BCUT2D eigenvalue weighted by molar-refractivity contribution is -0.274. The number of hydrogen-bond acceptors (Lipinski definition) is 6. The van der Waals surface area contributed by atoms with Crippen molar-refractivity contribution in [3.8, 4) is 22.8 Å². The number of benzene rings is 3. The Bertz CT molecular complexity index is 1690. The van der Waals surface area contributed by atoms with Gasteiger partial charge in [0.2, 0.25) is 5.91 Å². The first-order chi connectivity index (χ1) is 21.0. The molecular weight excluding hydrogens is 610 g/mol. The summed E-state index contributed by atoms with van der Waals surface area (Å²) in [6.45, 7) is 6.83. The first-order valence-corrected chi connectivity index (χ1v) is 15.2. The molecule has 3 aromatic carbocycles. The molecule has 44 heavy (non-hydrogen) atoms. The minimum absolute atomic E-state index is 0.0168. The summed E-state index contributed by atoms with van der Waals surface area (Å²) in [5, 5.41) is 8.50. The van der Waals surface area contributed by atoms with Crippen molar-refractivity contribution in [2.24, 2.45) is 4.99 Å². The Morgan fingerprint density at radius 3 is 2.52 bits per heavy atom. The Labute approximate surface area is 262 Å². The molecule has 0 bridgehead atoms. The Kier molecular flexibility index (Phi) is 9.35. The van der Waals surface area contributed by atoms with Gasteiger partial charge in [0.05, 0.1) is 17.1 Å². The van der Waals surface area contributed by atoms with Crippen molar-refractivity contribution < 1.29 is 22.7 Å². The lowest BCUT2D eigenvalue weighted by Gasteiger charge is -2.23. The number of thiocarbonyl (C=S) groups is 1. The molecule has 1 aliphatic heterocycles. The van der Waals surface area contributed by atoms with Crippen LogP contribution in [0.3, 0.4) is 0 Å². The highest BCUT2D eigenvalue weighted by atomic mass is 32.2. The van der Waals surface area contributed by atoms with Crippen molar-refractivity contribution in [1.82, 2.24) is 20.1 Å². The van der Waals surface area contributed by atoms with Crippen molar-refractivity contribution in [1.29, 1.82) is 0 Å². The SMILES string of the molecule is Cc1cccc(N2C(=O)CSC2=NC(=S)NCCc2ccc(-c3ncn(-c4ccc(OC(F)(F)F)cc4)n3)cc2)c1C(C)C. The number of amides is 1. The summed E-state index contributed by atoms with van der Waals surface area (Å²) in [6, 6.07) is 19.1. The zero-order chi connectivity index (χ0) is 31.4. The van der Waals surface area contributed by atoms with E-state index in [0.717, 1.165) is 27.9 Å². The number of aromatic nitrogens is 3. The topological polar surface area (TPSA) is 84.6 Å². The maximum absolute atomic E-state index is 12.8. The van der Waals surface area contributed by atoms with Crippen LogP contribution in [-0.2, 0) is 11.2 Å². The Morgan fingerprint density at radius 2 is 1.84 bits per heavy atom. The zero-order valence-corrected chi connectivity index (χ0v) is 25.8. The molecular formula is C31H29F3N6O2S2. The van der Waals surface area contributed by atoms with Gasteiger partial charge in [0, 0.05) is 12.1 Å². The molecule has 1 aliphatic rings. The summed E-state index contributed by atoms with van der Waals surface area (Å²) in [6.07, 6.45) is -2.57. The van der Waals surface area contributed by atoms with Crippen LogP contribution in [0.5, 0.6) is 5.75 Å². The number of anilines is 1. The van der Waals surface area contributed by atoms with Gasteiger partial charge >= 0.3 is 6.36 Å². The number of rotatable bonds is 8. The second-order valence-corrected chi connectivity index (χ2v) is 11.6. The lowest BCUT2D eigenvalue weighted by atomic mass is 9.95. The molecule has 0 unspecified atom stereocenters. The molecule has 0 spiro atoms. The van der Waals surface area contributed by atoms with Crippen LogP contribution < -0.4 is 15.0 Å². The minimum Gasteiger partial charge on any atom is -0.406 e. The van der Waals surface area contributed by atoms with Crippen LogP contribution in [-0.4, -0.2) is 49.6 Å². The average molecular weight is 639 g/mol. The monoisotopic (exact) mass is 638 g/mol. The second kappa shape index (κ2) is 13.2. The maximum Gasteiger partial charge on any atom is 0.573 e. The average Bonchev–Trinajstić information content (AvgIpc) is 3.60. The van der Waals surface area contributed by atoms with Gasteiger partial charge in [-0.1, -0.05) is 62.0 Å². The maximum atomic E-state index is 12.8. The number of nitrogens with zero attached hydrogens (tertiary/aromatic N) is 5. The number of nitrogens with one attached hydrogen (secondary N) is 1. The fraction of sp³-hybridized carbons (Fsp3) is 0.258. The van der Waals surface area contributed by atoms with Crippen LogP contribution in [0.25, 0.3) is 17.1 Å². The summed E-state index contributed by atoms with van der Waals surface area (Å²) in [5.74, 6) is 0.713. The number of alkyl halides is 3. The Balaban J connectivity index is 1.17. The van der Waals surface area contributed by atoms with Gasteiger partial charge in [0.25, 0.3) is 0 Å². The molecule has 1 fully saturated rings. The van der Waals surface area contributed by atoms with Gasteiger partial charge in [-0.3, -0.25) is 9.69 Å². The highest BCUT2D eigenvalue weighted by Crippen LogP contribution is 2.35. The van der Waals surface area contributed by atoms with Gasteiger partial charge in [-0.25, -0.2) is 9.67 Å². The van der Waals surface area contributed by atoms with Gasteiger partial charge in [0.15, 0.2) is 16.1 Å². The van der Waals surface area contributed by atoms with E-state index in [2.05, 4.69) is 39.0 Å². The van der Waals surface area contributed by atoms with E-state index in [1.54, 1.807) is 4.90 Å². The molecule has 5 rings (SSSR count). The standard InChI is InChI=1S/C31H29F3N6O2S2/c1-19(2)27-20(3)5-4-6-25(27)40-26(41)17-44-30(40)37-29(43)35-16-15-21-7-9-22(10-8-21)28-36-18-39(38-28)23-11-13-24(14-12-23)42-31(32,33)34/h4-14,18-19H,15-17H2,1-3H3,(H,35,43). The van der Waals surface area contributed by atoms with E-state index in [4.69, 9.17) is 12.2 Å². The van der Waals surface area contributed by atoms with E-state index in [1.807, 2.05) is 49.4 Å². The summed E-state index contributed by atoms with van der Waals surface area (Å²) >= 11 is 6.87. The van der Waals surface area contributed by atoms with Gasteiger partial charge in [-0.05, 0) is 78.5 Å². The second-order valence-electron chi connectivity index (χ2n) is 10.3. The van der Waals surface area contributed by atoms with Crippen molar-refractivity contribution in [3.05, 3.63) is 89.7 Å². The number of aliphatic imine (C=N–C) groups is 1. The van der Waals surface area contributed by atoms with Crippen LogP contribution in [0, 0.1) is 6.92 Å². The van der Waals surface area contributed by atoms with E-state index >= 15 is 0 Å². The van der Waals surface area contributed by atoms with Gasteiger partial charge in [-0.15, -0.1) is 18.3 Å². The molecule has 1 amide bonds. The number of carbonyl (C=O) groups is 1. The third-order valence-corrected chi connectivity index (χ3v) is 7.97. The molecule has 0 aliphatic carbocycles. The van der Waals surface area contributed by atoms with Crippen molar-refractivity contribution in [3.63, 3.8) is 0 Å². The molecule has 1 aromatic heterocycles. The molecule has 4 aromatic rings. The molecule has 228 valence electrons. The minimum atomic E-state index is -4.75. The van der Waals surface area contributed by atoms with Crippen LogP contribution in [0.15, 0.2) is 78.0 Å². The molecule has 2 heterocycles. The lowest BCUT2D eigenvalue weighted by Crippen LogP contribution is -2.32. The van der Waals surface area contributed by atoms with Gasteiger partial charge in [0.1, 0.15) is 12.1 Å². The number of halogens is 3. The highest BCUT2D eigenvalue weighted by Gasteiger charge is 2.32. The number of carbonyl (C=O) groups excluding carboxylic acids is 1. The third kappa shape index (κ3) is 7.45. The fourth-order valence-corrected chi connectivity index (χ4v) is 5.99. The smallest absolute Gasteiger partial charge is 0.406 e. The zero-order valence-electron chi connectivity index (χ0n) is 24.1. The van der Waals surface area contributed by atoms with E-state index in [1.165, 1.54) is 47.0 Å². The van der Waals surface area contributed by atoms with Gasteiger partial charge in [-0.2, -0.15) is 4.99 Å². The van der Waals surface area contributed by atoms with Crippen LogP contribution in [0.2, 0.25) is 0 Å². The first-order valence-electron chi connectivity index (χ1n) is 13.8. The predicted octanol–water partition coefficient (Wildman–Crippen LogP) is 6.82. The molecule has 1 N–H and O–H groups in total. The van der Waals surface area contributed by atoms with Crippen molar-refractivity contribution in [2.45, 2.75) is 39.5 Å². The van der Waals surface area contributed by atoms with Crippen LogP contribution in [0.1, 0.15) is 36.5 Å².